The molecule has 0 aliphatic carbocycles. The van der Waals surface area contributed by atoms with Crippen LogP contribution in [0.1, 0.15) is 5.56 Å². The lowest BCUT2D eigenvalue weighted by Crippen LogP contribution is -1.94. The van der Waals surface area contributed by atoms with E-state index < -0.39 is 17.6 Å². The molecule has 0 aromatic heterocycles. The van der Waals surface area contributed by atoms with Crippen LogP contribution >= 0.6 is 0 Å². The number of hydrogen-bond donors (Lipinski definition) is 1. The van der Waals surface area contributed by atoms with Crippen molar-refractivity contribution in [1.82, 2.24) is 0 Å². The number of halogens is 2. The fourth-order valence-corrected chi connectivity index (χ4v) is 1.56. The summed E-state index contributed by atoms with van der Waals surface area (Å²) in [7, 11) is 0. The van der Waals surface area contributed by atoms with Crippen molar-refractivity contribution in [3.63, 3.8) is 0 Å². The molecule has 0 saturated carbocycles. The van der Waals surface area contributed by atoms with E-state index in [1.54, 1.807) is 6.07 Å². The summed E-state index contributed by atoms with van der Waals surface area (Å²) < 4.78 is 32.5. The Morgan fingerprint density at radius 1 is 1.05 bits per heavy atom. The van der Waals surface area contributed by atoms with Gasteiger partial charge < -0.3 is 9.84 Å². The van der Waals surface area contributed by atoms with Crippen molar-refractivity contribution >= 4 is 12.0 Å². The summed E-state index contributed by atoms with van der Waals surface area (Å²) in [5.74, 6) is -2.88. The number of aliphatic carboxylic acids is 1. The number of carbonyl (C=O) groups is 1. The maximum atomic E-state index is 13.8. The summed E-state index contributed by atoms with van der Waals surface area (Å²) in [5.41, 5.74) is 0.204. The molecule has 0 aliphatic rings. The number of carboxylic acids is 1. The van der Waals surface area contributed by atoms with Gasteiger partial charge in [-0.3, -0.25) is 0 Å². The van der Waals surface area contributed by atoms with E-state index in [1.807, 2.05) is 0 Å². The molecule has 2 rings (SSSR count). The van der Waals surface area contributed by atoms with Crippen molar-refractivity contribution in [3.8, 4) is 11.5 Å². The molecule has 0 atom stereocenters. The van der Waals surface area contributed by atoms with E-state index in [0.29, 0.717) is 0 Å². The van der Waals surface area contributed by atoms with Crippen LogP contribution in [0.2, 0.25) is 0 Å². The molecule has 5 heteroatoms. The van der Waals surface area contributed by atoms with Crippen LogP contribution in [0, 0.1) is 11.6 Å². The Morgan fingerprint density at radius 3 is 2.45 bits per heavy atom. The molecule has 0 heterocycles. The van der Waals surface area contributed by atoms with Gasteiger partial charge >= 0.3 is 5.97 Å². The van der Waals surface area contributed by atoms with E-state index in [9.17, 15) is 13.6 Å². The topological polar surface area (TPSA) is 46.5 Å². The second-order valence-corrected chi connectivity index (χ2v) is 3.86. The molecular weight excluding hydrogens is 266 g/mol. The quantitative estimate of drug-likeness (QED) is 0.863. The van der Waals surface area contributed by atoms with Crippen LogP contribution in [0.25, 0.3) is 6.08 Å². The Bertz CT molecular complexity index is 666. The molecule has 1 N–H and O–H groups in total. The maximum Gasteiger partial charge on any atom is 0.328 e. The molecule has 0 bridgehead atoms. The third-order valence-corrected chi connectivity index (χ3v) is 2.45. The molecule has 2 aromatic rings. The number of carboxylic acid groups (broad SMARTS) is 1. The summed E-state index contributed by atoms with van der Waals surface area (Å²) in [6.07, 6.45) is 2.03. The smallest absolute Gasteiger partial charge is 0.328 e. The minimum absolute atomic E-state index is 0.137. The zero-order chi connectivity index (χ0) is 14.5. The molecule has 3 nitrogen and oxygen atoms in total. The molecule has 0 spiro atoms. The predicted octanol–water partition coefficient (Wildman–Crippen LogP) is 3.85. The summed E-state index contributed by atoms with van der Waals surface area (Å²) in [4.78, 5) is 10.5. The number of ether oxygens (including phenoxy) is 1. The summed E-state index contributed by atoms with van der Waals surface area (Å²) in [6.45, 7) is 0. The molecule has 102 valence electrons. The summed E-state index contributed by atoms with van der Waals surface area (Å²) in [5, 5.41) is 8.59. The second-order valence-electron chi connectivity index (χ2n) is 3.86. The average molecular weight is 276 g/mol. The molecule has 20 heavy (non-hydrogen) atoms. The Labute approximate surface area is 113 Å². The lowest BCUT2D eigenvalue weighted by molar-refractivity contribution is -0.131. The Balaban J connectivity index is 2.40. The van der Waals surface area contributed by atoms with E-state index in [4.69, 9.17) is 9.84 Å². The number of rotatable bonds is 4. The van der Waals surface area contributed by atoms with Gasteiger partial charge in [-0.15, -0.1) is 0 Å². The molecule has 0 radical (unpaired) electrons. The number of benzene rings is 2. The highest BCUT2D eigenvalue weighted by Crippen LogP contribution is 2.30. The van der Waals surface area contributed by atoms with E-state index in [-0.39, 0.29) is 17.1 Å². The maximum absolute atomic E-state index is 13.8. The van der Waals surface area contributed by atoms with Crippen LogP contribution in [0.5, 0.6) is 11.5 Å². The van der Waals surface area contributed by atoms with Crippen molar-refractivity contribution < 1.29 is 23.4 Å². The van der Waals surface area contributed by atoms with Crippen molar-refractivity contribution in [2.45, 2.75) is 0 Å². The molecule has 0 unspecified atom stereocenters. The SMILES string of the molecule is O=C(O)/C=C/c1cccc(F)c1Oc1ccccc1F. The predicted molar refractivity (Wildman–Crippen MR) is 69.5 cm³/mol. The fraction of sp³-hybridized carbons (Fsp3) is 0. The Morgan fingerprint density at radius 2 is 1.75 bits per heavy atom. The second kappa shape index (κ2) is 5.97. The standard InChI is InChI=1S/C15H10F2O3/c16-11-5-1-2-7-13(11)20-15-10(8-9-14(18)19)4-3-6-12(15)17/h1-9H,(H,18,19)/b9-8+. The third kappa shape index (κ3) is 3.20. The minimum atomic E-state index is -1.17. The van der Waals surface area contributed by atoms with Gasteiger partial charge in [0, 0.05) is 11.6 Å². The van der Waals surface area contributed by atoms with E-state index >= 15 is 0 Å². The van der Waals surface area contributed by atoms with Crippen molar-refractivity contribution in [2.75, 3.05) is 0 Å². The highest BCUT2D eigenvalue weighted by molar-refractivity contribution is 5.85. The first kappa shape index (κ1) is 13.7. The van der Waals surface area contributed by atoms with Gasteiger partial charge in [0.05, 0.1) is 0 Å². The van der Waals surface area contributed by atoms with Gasteiger partial charge in [-0.1, -0.05) is 24.3 Å². The first-order valence-corrected chi connectivity index (χ1v) is 5.70. The van der Waals surface area contributed by atoms with Crippen LogP contribution in [0.15, 0.2) is 48.5 Å². The summed E-state index contributed by atoms with van der Waals surface area (Å²) >= 11 is 0. The third-order valence-electron chi connectivity index (χ3n) is 2.45. The van der Waals surface area contributed by atoms with Gasteiger partial charge in [-0.05, 0) is 24.3 Å². The van der Waals surface area contributed by atoms with Crippen LogP contribution in [0.4, 0.5) is 8.78 Å². The van der Waals surface area contributed by atoms with Crippen molar-refractivity contribution in [3.05, 3.63) is 65.7 Å². The summed E-state index contributed by atoms with van der Waals surface area (Å²) in [6, 6.07) is 9.59. The first-order chi connectivity index (χ1) is 9.58. The molecule has 2 aromatic carbocycles. The van der Waals surface area contributed by atoms with Crippen molar-refractivity contribution in [2.24, 2.45) is 0 Å². The van der Waals surface area contributed by atoms with E-state index in [2.05, 4.69) is 0 Å². The molecule has 0 aliphatic heterocycles. The van der Waals surface area contributed by atoms with Crippen LogP contribution in [0.3, 0.4) is 0 Å². The highest BCUT2D eigenvalue weighted by Gasteiger charge is 2.11. The van der Waals surface area contributed by atoms with Crippen LogP contribution in [-0.4, -0.2) is 11.1 Å². The van der Waals surface area contributed by atoms with Gasteiger partial charge in [0.25, 0.3) is 0 Å². The number of para-hydroxylation sites is 2. The lowest BCUT2D eigenvalue weighted by Gasteiger charge is -2.10. The van der Waals surface area contributed by atoms with Gasteiger partial charge in [0.2, 0.25) is 0 Å². The van der Waals surface area contributed by atoms with Crippen LogP contribution < -0.4 is 4.74 Å². The lowest BCUT2D eigenvalue weighted by atomic mass is 10.1. The molecular formula is C15H10F2O3. The fourth-order valence-electron chi connectivity index (χ4n) is 1.56. The Kier molecular flexibility index (Phi) is 4.10. The largest absolute Gasteiger partial charge is 0.478 e. The van der Waals surface area contributed by atoms with Gasteiger partial charge in [0.15, 0.2) is 23.1 Å². The normalized spacial score (nSPS) is 10.7. The van der Waals surface area contributed by atoms with E-state index in [0.717, 1.165) is 12.1 Å². The van der Waals surface area contributed by atoms with Gasteiger partial charge in [-0.25, -0.2) is 13.6 Å². The van der Waals surface area contributed by atoms with Crippen molar-refractivity contribution in [1.29, 1.82) is 0 Å². The first-order valence-electron chi connectivity index (χ1n) is 5.70. The monoisotopic (exact) mass is 276 g/mol. The minimum Gasteiger partial charge on any atom is -0.478 e. The molecule has 0 fully saturated rings. The molecule has 0 saturated heterocycles. The van der Waals surface area contributed by atoms with E-state index in [1.165, 1.54) is 36.4 Å². The zero-order valence-corrected chi connectivity index (χ0v) is 10.2. The average Bonchev–Trinajstić information content (AvgIpc) is 2.41. The number of hydrogen-bond acceptors (Lipinski definition) is 2. The molecule has 0 amide bonds. The van der Waals surface area contributed by atoms with Gasteiger partial charge in [-0.2, -0.15) is 0 Å². The van der Waals surface area contributed by atoms with Crippen LogP contribution in [-0.2, 0) is 4.79 Å². The van der Waals surface area contributed by atoms with Gasteiger partial charge in [0.1, 0.15) is 0 Å². The highest BCUT2D eigenvalue weighted by atomic mass is 19.1. The Hall–Kier alpha value is -2.69. The zero-order valence-electron chi connectivity index (χ0n) is 10.2.